The van der Waals surface area contributed by atoms with E-state index >= 15 is 0 Å². The Hall–Kier alpha value is -3.01. The molecule has 2 aromatic heterocycles. The molecule has 130 valence electrons. The van der Waals surface area contributed by atoms with Crippen molar-refractivity contribution in [1.82, 2.24) is 15.2 Å². The van der Waals surface area contributed by atoms with Gasteiger partial charge >= 0.3 is 0 Å². The number of fused-ring (bicyclic) bond motifs is 1. The fraction of sp³-hybridized carbons (Fsp3) is 0.227. The van der Waals surface area contributed by atoms with Crippen LogP contribution in [0.4, 0.5) is 0 Å². The molecule has 0 atom stereocenters. The first-order chi connectivity index (χ1) is 12.4. The van der Waals surface area contributed by atoms with Crippen LogP contribution in [0.25, 0.3) is 33.4 Å². The minimum absolute atomic E-state index is 0.0305. The fourth-order valence-corrected chi connectivity index (χ4v) is 3.22. The molecule has 2 heterocycles. The molecule has 0 unspecified atom stereocenters. The van der Waals surface area contributed by atoms with Crippen molar-refractivity contribution in [3.63, 3.8) is 0 Å². The van der Waals surface area contributed by atoms with E-state index in [1.165, 1.54) is 16.3 Å². The van der Waals surface area contributed by atoms with Crippen molar-refractivity contribution in [3.05, 3.63) is 66.3 Å². The summed E-state index contributed by atoms with van der Waals surface area (Å²) in [5, 5.41) is 11.0. The molecular weight excluding hydrogens is 322 g/mol. The minimum atomic E-state index is 0.0305. The summed E-state index contributed by atoms with van der Waals surface area (Å²) in [6.45, 7) is 8.53. The number of nitrogens with zero attached hydrogens (tertiary/aromatic N) is 3. The normalized spacial score (nSPS) is 11.8. The Kier molecular flexibility index (Phi) is 3.83. The number of rotatable bonds is 2. The van der Waals surface area contributed by atoms with E-state index in [0.717, 1.165) is 16.8 Å². The highest BCUT2D eigenvalue weighted by Gasteiger charge is 2.19. The topological polar surface area (TPSA) is 51.8 Å². The summed E-state index contributed by atoms with van der Waals surface area (Å²) in [5.74, 6) is 1.34. The van der Waals surface area contributed by atoms with Crippen LogP contribution in [-0.2, 0) is 5.41 Å². The zero-order valence-corrected chi connectivity index (χ0v) is 15.4. The van der Waals surface area contributed by atoms with Gasteiger partial charge in [0.15, 0.2) is 11.7 Å². The van der Waals surface area contributed by atoms with Crippen molar-refractivity contribution >= 4 is 10.8 Å². The van der Waals surface area contributed by atoms with E-state index in [2.05, 4.69) is 72.4 Å². The van der Waals surface area contributed by atoms with Gasteiger partial charge in [0.05, 0.1) is 18.1 Å². The predicted octanol–water partition coefficient (Wildman–Crippen LogP) is 5.56. The number of hydrogen-bond donors (Lipinski definition) is 0. The Morgan fingerprint density at radius 1 is 0.923 bits per heavy atom. The zero-order chi connectivity index (χ0) is 18.3. The lowest BCUT2D eigenvalue weighted by Crippen LogP contribution is -2.12. The summed E-state index contributed by atoms with van der Waals surface area (Å²) in [6.07, 6.45) is 3.42. The van der Waals surface area contributed by atoms with Crippen molar-refractivity contribution in [3.8, 4) is 22.6 Å². The van der Waals surface area contributed by atoms with Crippen LogP contribution < -0.4 is 0 Å². The van der Waals surface area contributed by atoms with Gasteiger partial charge in [-0.3, -0.25) is 0 Å². The van der Waals surface area contributed by atoms with Crippen LogP contribution in [-0.4, -0.2) is 15.2 Å². The second-order valence-electron chi connectivity index (χ2n) is 7.57. The Labute approximate surface area is 152 Å². The molecule has 0 saturated heterocycles. The van der Waals surface area contributed by atoms with Gasteiger partial charge in [0.25, 0.3) is 0 Å². The van der Waals surface area contributed by atoms with Gasteiger partial charge < -0.3 is 4.42 Å². The van der Waals surface area contributed by atoms with Gasteiger partial charge in [0.2, 0.25) is 0 Å². The third-order valence-corrected chi connectivity index (χ3v) is 4.53. The summed E-state index contributed by atoms with van der Waals surface area (Å²) in [5.41, 5.74) is 4.09. The molecule has 0 aliphatic carbocycles. The average molecular weight is 343 g/mol. The third kappa shape index (κ3) is 2.99. The maximum atomic E-state index is 5.63. The number of benzene rings is 2. The summed E-state index contributed by atoms with van der Waals surface area (Å²) in [6, 6.07) is 14.9. The van der Waals surface area contributed by atoms with E-state index in [9.17, 15) is 0 Å². The maximum absolute atomic E-state index is 5.63. The first-order valence-electron chi connectivity index (χ1n) is 8.71. The molecule has 0 N–H and O–H groups in total. The van der Waals surface area contributed by atoms with Crippen LogP contribution >= 0.6 is 0 Å². The summed E-state index contributed by atoms with van der Waals surface area (Å²) in [4.78, 5) is 4.17. The fourth-order valence-electron chi connectivity index (χ4n) is 3.22. The molecule has 0 aliphatic heterocycles. The molecule has 4 nitrogen and oxygen atoms in total. The van der Waals surface area contributed by atoms with Crippen molar-refractivity contribution in [2.45, 2.75) is 33.1 Å². The molecule has 0 spiro atoms. The molecule has 0 aliphatic rings. The maximum Gasteiger partial charge on any atom is 0.191 e. The van der Waals surface area contributed by atoms with E-state index in [4.69, 9.17) is 4.42 Å². The molecule has 4 heteroatoms. The summed E-state index contributed by atoms with van der Waals surface area (Å²) in [7, 11) is 0. The number of oxazole rings is 1. The number of aromatic nitrogens is 3. The lowest BCUT2D eigenvalue weighted by Gasteiger charge is -2.22. The number of aryl methyl sites for hydroxylation is 1. The molecule has 0 fully saturated rings. The van der Waals surface area contributed by atoms with Crippen molar-refractivity contribution in [1.29, 1.82) is 0 Å². The Bertz CT molecular complexity index is 1090. The highest BCUT2D eigenvalue weighted by Crippen LogP contribution is 2.34. The van der Waals surface area contributed by atoms with Gasteiger partial charge in [-0.2, -0.15) is 10.2 Å². The average Bonchev–Trinajstić information content (AvgIpc) is 3.06. The van der Waals surface area contributed by atoms with E-state index in [1.54, 1.807) is 12.4 Å². The molecule has 26 heavy (non-hydrogen) atoms. The molecular formula is C22H21N3O. The van der Waals surface area contributed by atoms with Gasteiger partial charge in [0.1, 0.15) is 0 Å². The molecule has 0 saturated carbocycles. The standard InChI is InChI=1S/C22H21N3O/c1-14-23-13-21(26-14)17-11-20(25-24-12-17)16-9-15-7-5-6-8-18(15)19(10-16)22(2,3)4/h5-13H,1-4H3. The van der Waals surface area contributed by atoms with Gasteiger partial charge in [-0.15, -0.1) is 0 Å². The molecule has 4 rings (SSSR count). The first-order valence-corrected chi connectivity index (χ1v) is 8.71. The third-order valence-electron chi connectivity index (χ3n) is 4.53. The second kappa shape index (κ2) is 6.06. The molecule has 0 radical (unpaired) electrons. The van der Waals surface area contributed by atoms with Crippen LogP contribution in [0, 0.1) is 6.92 Å². The quantitative estimate of drug-likeness (QED) is 0.478. The zero-order valence-electron chi connectivity index (χ0n) is 15.4. The predicted molar refractivity (Wildman–Crippen MR) is 104 cm³/mol. The van der Waals surface area contributed by atoms with Crippen LogP contribution in [0.5, 0.6) is 0 Å². The Morgan fingerprint density at radius 2 is 1.73 bits per heavy atom. The van der Waals surface area contributed by atoms with Gasteiger partial charge in [-0.05, 0) is 39.9 Å². The van der Waals surface area contributed by atoms with Crippen molar-refractivity contribution < 1.29 is 4.42 Å². The largest absolute Gasteiger partial charge is 0.441 e. The smallest absolute Gasteiger partial charge is 0.191 e. The monoisotopic (exact) mass is 343 g/mol. The van der Waals surface area contributed by atoms with E-state index in [0.29, 0.717) is 11.7 Å². The lowest BCUT2D eigenvalue weighted by atomic mass is 9.82. The SMILES string of the molecule is Cc1ncc(-c2cnnc(-c3cc(C(C)(C)C)c4ccccc4c3)c2)o1. The highest BCUT2D eigenvalue weighted by atomic mass is 16.4. The van der Waals surface area contributed by atoms with Crippen LogP contribution in [0.1, 0.15) is 32.2 Å². The molecule has 0 amide bonds. The van der Waals surface area contributed by atoms with Crippen LogP contribution in [0.2, 0.25) is 0 Å². The van der Waals surface area contributed by atoms with Gasteiger partial charge in [0, 0.05) is 18.1 Å². The Morgan fingerprint density at radius 3 is 2.46 bits per heavy atom. The second-order valence-corrected chi connectivity index (χ2v) is 7.57. The van der Waals surface area contributed by atoms with E-state index in [1.807, 2.05) is 13.0 Å². The van der Waals surface area contributed by atoms with E-state index < -0.39 is 0 Å². The van der Waals surface area contributed by atoms with Gasteiger partial charge in [-0.25, -0.2) is 4.98 Å². The molecule has 4 aromatic rings. The highest BCUT2D eigenvalue weighted by molar-refractivity contribution is 5.91. The number of hydrogen-bond acceptors (Lipinski definition) is 4. The van der Waals surface area contributed by atoms with Gasteiger partial charge in [-0.1, -0.05) is 45.0 Å². The van der Waals surface area contributed by atoms with Crippen molar-refractivity contribution in [2.75, 3.05) is 0 Å². The van der Waals surface area contributed by atoms with Crippen LogP contribution in [0.15, 0.2) is 59.3 Å². The summed E-state index contributed by atoms with van der Waals surface area (Å²) >= 11 is 0. The van der Waals surface area contributed by atoms with Crippen LogP contribution in [0.3, 0.4) is 0 Å². The lowest BCUT2D eigenvalue weighted by molar-refractivity contribution is 0.534. The molecule has 0 bridgehead atoms. The minimum Gasteiger partial charge on any atom is -0.441 e. The van der Waals surface area contributed by atoms with Crippen molar-refractivity contribution in [2.24, 2.45) is 0 Å². The first kappa shape index (κ1) is 16.5. The Balaban J connectivity index is 1.90. The summed E-state index contributed by atoms with van der Waals surface area (Å²) < 4.78 is 5.63. The molecule has 2 aromatic carbocycles. The van der Waals surface area contributed by atoms with E-state index in [-0.39, 0.29) is 5.41 Å².